The molecule has 18 heavy (non-hydrogen) atoms. The zero-order chi connectivity index (χ0) is 13.2. The molecule has 5 nitrogen and oxygen atoms in total. The second-order valence-corrected chi connectivity index (χ2v) is 3.55. The largest absolute Gasteiger partial charge is 0.463 e. The van der Waals surface area contributed by atoms with Gasteiger partial charge in [0.2, 0.25) is 0 Å². The normalized spacial score (nSPS) is 14.1. The molecule has 5 heteroatoms. The van der Waals surface area contributed by atoms with Crippen LogP contribution < -0.4 is 5.32 Å². The Hall–Kier alpha value is -1.72. The van der Waals surface area contributed by atoms with Crippen LogP contribution in [0.4, 0.5) is 0 Å². The summed E-state index contributed by atoms with van der Waals surface area (Å²) in [7, 11) is 1.18. The number of morpholine rings is 1. The summed E-state index contributed by atoms with van der Waals surface area (Å²) in [5.41, 5.74) is 0.351. The number of methoxy groups -OCH3 is 1. The molecule has 0 atom stereocenters. The fourth-order valence-corrected chi connectivity index (χ4v) is 1.32. The van der Waals surface area contributed by atoms with Crippen LogP contribution in [0.25, 0.3) is 0 Å². The third-order valence-electron chi connectivity index (χ3n) is 2.25. The molecule has 1 aliphatic rings. The molecule has 1 aromatic rings. The molecule has 0 amide bonds. The monoisotopic (exact) mass is 251 g/mol. The van der Waals surface area contributed by atoms with Crippen molar-refractivity contribution < 1.29 is 19.1 Å². The first-order valence-corrected chi connectivity index (χ1v) is 5.72. The predicted molar refractivity (Wildman–Crippen MR) is 66.5 cm³/mol. The number of Topliss-reactive ketones (excluding diaryl/α,β-unsaturated/α-hetero) is 1. The lowest BCUT2D eigenvalue weighted by atomic mass is 10.1. The molecule has 0 radical (unpaired) electrons. The van der Waals surface area contributed by atoms with Gasteiger partial charge in [-0.1, -0.05) is 30.3 Å². The Morgan fingerprint density at radius 2 is 1.78 bits per heavy atom. The highest BCUT2D eigenvalue weighted by atomic mass is 16.5. The van der Waals surface area contributed by atoms with Crippen LogP contribution in [0, 0.1) is 0 Å². The molecule has 1 fully saturated rings. The third kappa shape index (κ3) is 5.07. The molecule has 1 N–H and O–H groups in total. The summed E-state index contributed by atoms with van der Waals surface area (Å²) in [5, 5.41) is 3.16. The number of ether oxygens (including phenoxy) is 2. The Morgan fingerprint density at radius 3 is 2.17 bits per heavy atom. The van der Waals surface area contributed by atoms with Gasteiger partial charge in [-0.05, 0) is 0 Å². The molecule has 2 rings (SSSR count). The Kier molecular flexibility index (Phi) is 6.68. The van der Waals surface area contributed by atoms with E-state index in [2.05, 4.69) is 10.1 Å². The summed E-state index contributed by atoms with van der Waals surface area (Å²) in [6, 6.07) is 8.29. The number of hydrogen-bond donors (Lipinski definition) is 1. The van der Waals surface area contributed by atoms with Gasteiger partial charge in [0.1, 0.15) is 0 Å². The van der Waals surface area contributed by atoms with E-state index in [1.807, 2.05) is 0 Å². The molecule has 0 bridgehead atoms. The number of nitrogens with one attached hydrogen (secondary N) is 1. The highest BCUT2D eigenvalue weighted by Crippen LogP contribution is 2.00. The molecule has 0 aliphatic carbocycles. The van der Waals surface area contributed by atoms with Crippen LogP contribution in [-0.2, 0) is 14.3 Å². The maximum atomic E-state index is 11.1. The van der Waals surface area contributed by atoms with E-state index in [-0.39, 0.29) is 0 Å². The summed E-state index contributed by atoms with van der Waals surface area (Å²) in [5.74, 6) is -1.45. The first-order chi connectivity index (χ1) is 8.75. The average Bonchev–Trinajstić information content (AvgIpc) is 2.49. The van der Waals surface area contributed by atoms with E-state index in [0.29, 0.717) is 5.56 Å². The Bertz CT molecular complexity index is 362. The minimum absolute atomic E-state index is 0.351. The van der Waals surface area contributed by atoms with Crippen molar-refractivity contribution in [1.29, 1.82) is 0 Å². The highest BCUT2D eigenvalue weighted by molar-refractivity contribution is 6.40. The second-order valence-electron chi connectivity index (χ2n) is 3.55. The summed E-state index contributed by atoms with van der Waals surface area (Å²) in [6.45, 7) is 3.83. The van der Waals surface area contributed by atoms with Crippen LogP contribution in [-0.4, -0.2) is 45.2 Å². The molecule has 0 spiro atoms. The Morgan fingerprint density at radius 1 is 1.17 bits per heavy atom. The van der Waals surface area contributed by atoms with Crippen LogP contribution in [0.1, 0.15) is 10.4 Å². The van der Waals surface area contributed by atoms with Crippen molar-refractivity contribution in [2.45, 2.75) is 0 Å². The van der Waals surface area contributed by atoms with Gasteiger partial charge in [0.05, 0.1) is 20.3 Å². The van der Waals surface area contributed by atoms with Crippen molar-refractivity contribution in [3.05, 3.63) is 35.9 Å². The number of esters is 1. The fourth-order valence-electron chi connectivity index (χ4n) is 1.32. The van der Waals surface area contributed by atoms with Gasteiger partial charge in [0.25, 0.3) is 5.78 Å². The lowest BCUT2D eigenvalue weighted by Crippen LogP contribution is -2.30. The predicted octanol–water partition coefficient (Wildman–Crippen LogP) is 0.648. The number of rotatable bonds is 2. The molecule has 1 heterocycles. The Balaban J connectivity index is 0.000000225. The van der Waals surface area contributed by atoms with Crippen molar-refractivity contribution in [2.24, 2.45) is 0 Å². The van der Waals surface area contributed by atoms with Gasteiger partial charge in [0, 0.05) is 18.7 Å². The van der Waals surface area contributed by atoms with Crippen molar-refractivity contribution in [1.82, 2.24) is 5.32 Å². The molecule has 0 aromatic heterocycles. The van der Waals surface area contributed by atoms with Gasteiger partial charge in [0.15, 0.2) is 0 Å². The SMILES string of the molecule is C1COCCN1.COC(=O)C(=O)c1ccccc1. The molecule has 0 saturated carbocycles. The quantitative estimate of drug-likeness (QED) is 0.475. The van der Waals surface area contributed by atoms with E-state index in [1.165, 1.54) is 7.11 Å². The van der Waals surface area contributed by atoms with Gasteiger partial charge in [-0.15, -0.1) is 0 Å². The average molecular weight is 251 g/mol. The maximum absolute atomic E-state index is 11.1. The minimum Gasteiger partial charge on any atom is -0.463 e. The van der Waals surface area contributed by atoms with E-state index in [4.69, 9.17) is 4.74 Å². The smallest absolute Gasteiger partial charge is 0.379 e. The standard InChI is InChI=1S/C9H8O3.C4H9NO/c1-12-9(11)8(10)7-5-3-2-4-6-7;1-3-6-4-2-5-1/h2-6H,1H3;5H,1-4H2. The van der Waals surface area contributed by atoms with E-state index in [1.54, 1.807) is 30.3 Å². The van der Waals surface area contributed by atoms with E-state index < -0.39 is 11.8 Å². The van der Waals surface area contributed by atoms with E-state index in [0.717, 1.165) is 26.3 Å². The summed E-state index contributed by atoms with van der Waals surface area (Å²) < 4.78 is 9.28. The summed E-state index contributed by atoms with van der Waals surface area (Å²) in [4.78, 5) is 21.8. The van der Waals surface area contributed by atoms with Crippen molar-refractivity contribution in [3.63, 3.8) is 0 Å². The number of benzene rings is 1. The number of carbonyl (C=O) groups is 2. The number of hydrogen-bond acceptors (Lipinski definition) is 5. The second kappa shape index (κ2) is 8.38. The van der Waals surface area contributed by atoms with Crippen LogP contribution >= 0.6 is 0 Å². The molecule has 0 unspecified atom stereocenters. The first-order valence-electron chi connectivity index (χ1n) is 5.72. The van der Waals surface area contributed by atoms with Crippen molar-refractivity contribution in [2.75, 3.05) is 33.4 Å². The van der Waals surface area contributed by atoms with Gasteiger partial charge < -0.3 is 14.8 Å². The van der Waals surface area contributed by atoms with Crippen LogP contribution in [0.5, 0.6) is 0 Å². The summed E-state index contributed by atoms with van der Waals surface area (Å²) in [6.07, 6.45) is 0. The lowest BCUT2D eigenvalue weighted by molar-refractivity contribution is -0.135. The first kappa shape index (κ1) is 14.3. The maximum Gasteiger partial charge on any atom is 0.379 e. The molecule has 1 aliphatic heterocycles. The van der Waals surface area contributed by atoms with Gasteiger partial charge in [-0.2, -0.15) is 0 Å². The zero-order valence-electron chi connectivity index (χ0n) is 10.3. The zero-order valence-corrected chi connectivity index (χ0v) is 10.3. The third-order valence-corrected chi connectivity index (χ3v) is 2.25. The summed E-state index contributed by atoms with van der Waals surface area (Å²) >= 11 is 0. The molecule has 98 valence electrons. The van der Waals surface area contributed by atoms with Crippen LogP contribution in [0.2, 0.25) is 0 Å². The number of ketones is 1. The Labute approximate surface area is 106 Å². The number of carbonyl (C=O) groups excluding carboxylic acids is 2. The highest BCUT2D eigenvalue weighted by Gasteiger charge is 2.14. The molecular formula is C13H17NO4. The van der Waals surface area contributed by atoms with Gasteiger partial charge in [-0.3, -0.25) is 4.79 Å². The molecule has 1 aromatic carbocycles. The van der Waals surface area contributed by atoms with Crippen LogP contribution in [0.3, 0.4) is 0 Å². The van der Waals surface area contributed by atoms with E-state index in [9.17, 15) is 9.59 Å². The fraction of sp³-hybridized carbons (Fsp3) is 0.385. The topological polar surface area (TPSA) is 64.6 Å². The van der Waals surface area contributed by atoms with Gasteiger partial charge in [-0.25, -0.2) is 4.79 Å². The van der Waals surface area contributed by atoms with E-state index >= 15 is 0 Å². The van der Waals surface area contributed by atoms with Crippen molar-refractivity contribution >= 4 is 11.8 Å². The van der Waals surface area contributed by atoms with Crippen molar-refractivity contribution in [3.8, 4) is 0 Å². The lowest BCUT2D eigenvalue weighted by Gasteiger charge is -2.10. The van der Waals surface area contributed by atoms with Gasteiger partial charge >= 0.3 is 5.97 Å². The van der Waals surface area contributed by atoms with Crippen LogP contribution in [0.15, 0.2) is 30.3 Å². The molecule has 1 saturated heterocycles. The minimum atomic E-state index is -0.832. The molecular weight excluding hydrogens is 234 g/mol.